The van der Waals surface area contributed by atoms with E-state index in [4.69, 9.17) is 5.73 Å². The summed E-state index contributed by atoms with van der Waals surface area (Å²) >= 11 is 2.05. The maximum atomic E-state index is 5.48. The Kier molecular flexibility index (Phi) is 6.17. The van der Waals surface area contributed by atoms with Crippen LogP contribution in [-0.2, 0) is 0 Å². The van der Waals surface area contributed by atoms with E-state index in [0.29, 0.717) is 0 Å². The van der Waals surface area contributed by atoms with Gasteiger partial charge in [0, 0.05) is 0 Å². The Morgan fingerprint density at radius 3 is 2.44 bits per heavy atom. The largest absolute Gasteiger partial charge is 0.330 e. The van der Waals surface area contributed by atoms with Crippen LogP contribution in [0.2, 0.25) is 19.1 Å². The first kappa shape index (κ1) is 13.8. The van der Waals surface area contributed by atoms with Crippen molar-refractivity contribution in [2.45, 2.75) is 25.6 Å². The van der Waals surface area contributed by atoms with Gasteiger partial charge in [-0.05, 0) is 30.5 Å². The Morgan fingerprint density at radius 2 is 1.81 bits per heavy atom. The lowest BCUT2D eigenvalue weighted by Gasteiger charge is -2.22. The molecule has 0 unspecified atom stereocenters. The summed E-state index contributed by atoms with van der Waals surface area (Å²) in [6, 6.07) is 12.4. The smallest absolute Gasteiger partial charge is 0.0814 e. The van der Waals surface area contributed by atoms with Crippen LogP contribution in [0.15, 0.2) is 30.3 Å². The zero-order valence-corrected chi connectivity index (χ0v) is 12.2. The van der Waals surface area contributed by atoms with Crippen LogP contribution in [0.25, 0.3) is 0 Å². The van der Waals surface area contributed by atoms with E-state index in [9.17, 15) is 0 Å². The molecule has 0 radical (unpaired) electrons. The molecule has 0 aromatic heterocycles. The van der Waals surface area contributed by atoms with Crippen LogP contribution >= 0.6 is 11.8 Å². The minimum Gasteiger partial charge on any atom is -0.330 e. The molecule has 0 aliphatic rings. The Labute approximate surface area is 105 Å². The van der Waals surface area contributed by atoms with Gasteiger partial charge in [-0.25, -0.2) is 0 Å². The fourth-order valence-electron chi connectivity index (χ4n) is 1.65. The van der Waals surface area contributed by atoms with E-state index in [1.54, 1.807) is 5.19 Å². The molecule has 0 amide bonds. The molecule has 1 rings (SSSR count). The second-order valence-electron chi connectivity index (χ2n) is 4.75. The molecule has 0 spiro atoms. The van der Waals surface area contributed by atoms with Crippen LogP contribution in [0.1, 0.15) is 6.42 Å². The quantitative estimate of drug-likeness (QED) is 0.597. The minimum atomic E-state index is -1.19. The van der Waals surface area contributed by atoms with Gasteiger partial charge in [0.1, 0.15) is 0 Å². The van der Waals surface area contributed by atoms with Crippen molar-refractivity contribution in [2.75, 3.05) is 18.1 Å². The fraction of sp³-hybridized carbons (Fsp3) is 0.538. The van der Waals surface area contributed by atoms with E-state index in [2.05, 4.69) is 55.2 Å². The highest BCUT2D eigenvalue weighted by Crippen LogP contribution is 2.14. The van der Waals surface area contributed by atoms with Crippen molar-refractivity contribution in [3.8, 4) is 0 Å². The predicted octanol–water partition coefficient (Wildman–Crippen LogP) is 2.68. The fourth-order valence-corrected chi connectivity index (χ4v) is 6.23. The van der Waals surface area contributed by atoms with Gasteiger partial charge in [0.15, 0.2) is 0 Å². The Morgan fingerprint density at radius 1 is 1.12 bits per heavy atom. The Balaban J connectivity index is 2.35. The second kappa shape index (κ2) is 7.15. The molecule has 0 heterocycles. The summed E-state index contributed by atoms with van der Waals surface area (Å²) in [4.78, 5) is 0. The zero-order chi connectivity index (χ0) is 11.9. The van der Waals surface area contributed by atoms with Crippen LogP contribution in [0.5, 0.6) is 0 Å². The molecule has 16 heavy (non-hydrogen) atoms. The van der Waals surface area contributed by atoms with Gasteiger partial charge in [0.25, 0.3) is 0 Å². The van der Waals surface area contributed by atoms with Crippen molar-refractivity contribution >= 4 is 25.0 Å². The van der Waals surface area contributed by atoms with Crippen molar-refractivity contribution in [2.24, 2.45) is 5.73 Å². The molecule has 0 aliphatic heterocycles. The van der Waals surface area contributed by atoms with Gasteiger partial charge < -0.3 is 5.73 Å². The average molecular weight is 253 g/mol. The summed E-state index contributed by atoms with van der Waals surface area (Å²) in [6.45, 7) is 5.75. The Hall–Kier alpha value is -0.253. The van der Waals surface area contributed by atoms with E-state index in [1.165, 1.54) is 17.5 Å². The standard InChI is InChI=1S/C13H23NSSi/c1-16(2,12-11-15-10-6-9-14)13-7-4-3-5-8-13/h3-5,7-8H,6,9-12,14H2,1-2H3. The van der Waals surface area contributed by atoms with Gasteiger partial charge in [-0.1, -0.05) is 48.6 Å². The first-order valence-electron chi connectivity index (χ1n) is 6.00. The third kappa shape index (κ3) is 4.72. The SMILES string of the molecule is C[Si](C)(CCSCCCN)c1ccccc1. The first-order valence-corrected chi connectivity index (χ1v) is 10.4. The molecule has 0 saturated carbocycles. The maximum absolute atomic E-state index is 5.48. The lowest BCUT2D eigenvalue weighted by molar-refractivity contribution is 0.943. The molecule has 90 valence electrons. The van der Waals surface area contributed by atoms with E-state index in [-0.39, 0.29) is 0 Å². The van der Waals surface area contributed by atoms with E-state index < -0.39 is 8.07 Å². The van der Waals surface area contributed by atoms with E-state index in [1.807, 2.05) is 0 Å². The summed E-state index contributed by atoms with van der Waals surface area (Å²) in [5.41, 5.74) is 5.48. The van der Waals surface area contributed by atoms with E-state index >= 15 is 0 Å². The molecule has 0 aliphatic carbocycles. The van der Waals surface area contributed by atoms with Crippen LogP contribution in [-0.4, -0.2) is 26.1 Å². The van der Waals surface area contributed by atoms with E-state index in [0.717, 1.165) is 13.0 Å². The lowest BCUT2D eigenvalue weighted by atomic mass is 10.4. The molecule has 0 bridgehead atoms. The third-order valence-electron chi connectivity index (χ3n) is 2.92. The molecule has 1 aromatic carbocycles. The van der Waals surface area contributed by atoms with Crippen LogP contribution < -0.4 is 10.9 Å². The van der Waals surface area contributed by atoms with Gasteiger partial charge in [-0.2, -0.15) is 11.8 Å². The van der Waals surface area contributed by atoms with Gasteiger partial charge in [0.05, 0.1) is 8.07 Å². The number of hydrogen-bond acceptors (Lipinski definition) is 2. The molecule has 2 N–H and O–H groups in total. The summed E-state index contributed by atoms with van der Waals surface area (Å²) in [6.07, 6.45) is 1.15. The number of rotatable bonds is 7. The minimum absolute atomic E-state index is 0.826. The van der Waals surface area contributed by atoms with Crippen molar-refractivity contribution in [3.05, 3.63) is 30.3 Å². The van der Waals surface area contributed by atoms with Gasteiger partial charge >= 0.3 is 0 Å². The highest BCUT2D eigenvalue weighted by molar-refractivity contribution is 7.99. The molecule has 0 fully saturated rings. The van der Waals surface area contributed by atoms with Gasteiger partial charge in [0.2, 0.25) is 0 Å². The lowest BCUT2D eigenvalue weighted by Crippen LogP contribution is -2.41. The Bertz CT molecular complexity index is 287. The van der Waals surface area contributed by atoms with Crippen LogP contribution in [0.4, 0.5) is 0 Å². The van der Waals surface area contributed by atoms with Crippen molar-refractivity contribution in [3.63, 3.8) is 0 Å². The van der Waals surface area contributed by atoms with Crippen molar-refractivity contribution in [1.82, 2.24) is 0 Å². The van der Waals surface area contributed by atoms with Gasteiger partial charge in [-0.3, -0.25) is 0 Å². The highest BCUT2D eigenvalue weighted by atomic mass is 32.2. The normalized spacial score (nSPS) is 11.7. The molecule has 1 aromatic rings. The summed E-state index contributed by atoms with van der Waals surface area (Å²) in [7, 11) is -1.19. The maximum Gasteiger partial charge on any atom is 0.0814 e. The number of hydrogen-bond donors (Lipinski definition) is 1. The molecular formula is C13H23NSSi. The predicted molar refractivity (Wildman–Crippen MR) is 79.4 cm³/mol. The number of thioether (sulfide) groups is 1. The van der Waals surface area contributed by atoms with Crippen molar-refractivity contribution < 1.29 is 0 Å². The summed E-state index contributed by atoms with van der Waals surface area (Å²) in [5, 5.41) is 1.58. The van der Waals surface area contributed by atoms with Crippen LogP contribution in [0, 0.1) is 0 Å². The third-order valence-corrected chi connectivity index (χ3v) is 7.75. The van der Waals surface area contributed by atoms with Gasteiger partial charge in [-0.15, -0.1) is 0 Å². The zero-order valence-electron chi connectivity index (χ0n) is 10.4. The first-order chi connectivity index (χ1) is 7.67. The highest BCUT2D eigenvalue weighted by Gasteiger charge is 2.22. The monoisotopic (exact) mass is 253 g/mol. The summed E-state index contributed by atoms with van der Waals surface area (Å²) in [5.74, 6) is 2.50. The average Bonchev–Trinajstić information content (AvgIpc) is 2.30. The number of benzene rings is 1. The molecular weight excluding hydrogens is 230 g/mol. The second-order valence-corrected chi connectivity index (χ2v) is 10.8. The number of nitrogens with two attached hydrogens (primary N) is 1. The summed E-state index contributed by atoms with van der Waals surface area (Å²) < 4.78 is 0. The topological polar surface area (TPSA) is 26.0 Å². The van der Waals surface area contributed by atoms with Crippen molar-refractivity contribution in [1.29, 1.82) is 0 Å². The molecule has 0 atom stereocenters. The van der Waals surface area contributed by atoms with Crippen LogP contribution in [0.3, 0.4) is 0 Å². The molecule has 3 heteroatoms. The molecule has 0 saturated heterocycles. The molecule has 1 nitrogen and oxygen atoms in total.